The lowest BCUT2D eigenvalue weighted by molar-refractivity contribution is -0.170. The molecule has 1 atom stereocenters. The number of halogens is 4. The third kappa shape index (κ3) is 7.07. The Morgan fingerprint density at radius 1 is 1.40 bits per heavy atom. The molecule has 5 nitrogen and oxygen atoms in total. The molecule has 0 fully saturated rings. The number of alkyl halides is 4. The average molecular weight is 301 g/mol. The summed E-state index contributed by atoms with van der Waals surface area (Å²) < 4.78 is 52.9. The summed E-state index contributed by atoms with van der Waals surface area (Å²) in [5.74, 6) is -6.52. The number of ether oxygens (including phenoxy) is 1. The van der Waals surface area contributed by atoms with E-state index in [4.69, 9.17) is 5.11 Å². The zero-order valence-electron chi connectivity index (χ0n) is 10.5. The number of aliphatic carboxylic acids is 1. The van der Waals surface area contributed by atoms with E-state index in [1.54, 1.807) is 0 Å². The first-order valence-electron chi connectivity index (χ1n) is 5.57. The van der Waals surface area contributed by atoms with E-state index in [2.05, 4.69) is 11.3 Å². The van der Waals surface area contributed by atoms with Crippen LogP contribution in [-0.4, -0.2) is 48.6 Å². The summed E-state index contributed by atoms with van der Waals surface area (Å²) in [5, 5.41) is 10.8. The van der Waals surface area contributed by atoms with Gasteiger partial charge in [0.15, 0.2) is 6.04 Å². The van der Waals surface area contributed by atoms with E-state index in [1.807, 2.05) is 5.32 Å². The van der Waals surface area contributed by atoms with Gasteiger partial charge in [-0.1, -0.05) is 6.08 Å². The number of carbonyl (C=O) groups excluding carboxylic acids is 1. The molecule has 0 rings (SSSR count). The molecule has 0 aromatic rings. The molecule has 0 spiro atoms. The Kier molecular flexibility index (Phi) is 7.82. The highest BCUT2D eigenvalue weighted by atomic mass is 19.3. The largest absolute Gasteiger partial charge is 0.480 e. The Labute approximate surface area is 112 Å². The molecule has 20 heavy (non-hydrogen) atoms. The molecule has 0 aromatic heterocycles. The zero-order valence-corrected chi connectivity index (χ0v) is 10.5. The summed E-state index contributed by atoms with van der Waals surface area (Å²) in [6, 6.07) is -1.58. The molecule has 0 saturated carbocycles. The fraction of sp³-hybridized carbons (Fsp3) is 0.636. The number of carboxylic acids is 1. The third-order valence-electron chi connectivity index (χ3n) is 2.11. The molecule has 0 unspecified atom stereocenters. The fourth-order valence-electron chi connectivity index (χ4n) is 1.05. The van der Waals surface area contributed by atoms with Gasteiger partial charge in [-0.05, 0) is 6.42 Å². The fourth-order valence-corrected chi connectivity index (χ4v) is 1.05. The minimum Gasteiger partial charge on any atom is -0.480 e. The van der Waals surface area contributed by atoms with Crippen LogP contribution in [0.25, 0.3) is 0 Å². The molecule has 2 N–H and O–H groups in total. The Morgan fingerprint density at radius 2 is 2.00 bits per heavy atom. The molecule has 0 aromatic carbocycles. The standard InChI is InChI=1S/C11H15F4NO4/c1-2-3-4-8(17)16-7(9(18)19)5-20-6-11(14,15)10(12)13/h2,7,10H,1,3-6H2,(H,16,17)(H,18,19)/t7-/m0/s1. The predicted octanol–water partition coefficient (Wildman–Crippen LogP) is 1.44. The molecular formula is C11H15F4NO4. The first-order chi connectivity index (χ1) is 9.20. The summed E-state index contributed by atoms with van der Waals surface area (Å²) in [6.45, 7) is 0.901. The number of rotatable bonds is 10. The maximum Gasteiger partial charge on any atom is 0.330 e. The van der Waals surface area contributed by atoms with Gasteiger partial charge in [-0.25, -0.2) is 13.6 Å². The highest BCUT2D eigenvalue weighted by Crippen LogP contribution is 2.22. The van der Waals surface area contributed by atoms with Gasteiger partial charge < -0.3 is 15.2 Å². The summed E-state index contributed by atoms with van der Waals surface area (Å²) in [5.41, 5.74) is 0. The van der Waals surface area contributed by atoms with E-state index >= 15 is 0 Å². The van der Waals surface area contributed by atoms with Crippen LogP contribution in [0.15, 0.2) is 12.7 Å². The van der Waals surface area contributed by atoms with E-state index in [1.165, 1.54) is 6.08 Å². The van der Waals surface area contributed by atoms with Crippen molar-refractivity contribution < 1.29 is 37.0 Å². The average Bonchev–Trinajstić information content (AvgIpc) is 2.34. The Hall–Kier alpha value is -1.64. The van der Waals surface area contributed by atoms with E-state index < -0.39 is 43.5 Å². The van der Waals surface area contributed by atoms with Crippen LogP contribution in [-0.2, 0) is 14.3 Å². The van der Waals surface area contributed by atoms with Crippen LogP contribution in [0.4, 0.5) is 17.6 Å². The van der Waals surface area contributed by atoms with Crippen molar-refractivity contribution in [1.82, 2.24) is 5.32 Å². The van der Waals surface area contributed by atoms with E-state index in [9.17, 15) is 27.2 Å². The molecule has 0 saturated heterocycles. The molecule has 0 heterocycles. The van der Waals surface area contributed by atoms with Crippen molar-refractivity contribution in [3.63, 3.8) is 0 Å². The maximum atomic E-state index is 12.5. The third-order valence-corrected chi connectivity index (χ3v) is 2.11. The molecule has 0 aliphatic heterocycles. The number of carboxylic acid groups (broad SMARTS) is 1. The van der Waals surface area contributed by atoms with E-state index in [0.29, 0.717) is 6.42 Å². The molecular weight excluding hydrogens is 286 g/mol. The lowest BCUT2D eigenvalue weighted by atomic mass is 10.2. The second kappa shape index (κ2) is 8.51. The van der Waals surface area contributed by atoms with Crippen molar-refractivity contribution in [3.8, 4) is 0 Å². The molecule has 0 aliphatic rings. The van der Waals surface area contributed by atoms with Gasteiger partial charge >= 0.3 is 18.3 Å². The quantitative estimate of drug-likeness (QED) is 0.473. The number of hydrogen-bond donors (Lipinski definition) is 2. The van der Waals surface area contributed by atoms with Crippen LogP contribution in [0.5, 0.6) is 0 Å². The summed E-state index contributed by atoms with van der Waals surface area (Å²) in [7, 11) is 0. The molecule has 116 valence electrons. The van der Waals surface area contributed by atoms with Gasteiger partial charge in [-0.15, -0.1) is 6.58 Å². The molecule has 1 amide bonds. The molecule has 9 heteroatoms. The molecule has 0 bridgehead atoms. The van der Waals surface area contributed by atoms with Crippen LogP contribution < -0.4 is 5.32 Å². The van der Waals surface area contributed by atoms with Gasteiger partial charge in [0.2, 0.25) is 5.91 Å². The highest BCUT2D eigenvalue weighted by molar-refractivity contribution is 5.83. The van der Waals surface area contributed by atoms with Gasteiger partial charge in [-0.3, -0.25) is 4.79 Å². The van der Waals surface area contributed by atoms with Crippen LogP contribution in [0.3, 0.4) is 0 Å². The minimum absolute atomic E-state index is 0.0273. The van der Waals surface area contributed by atoms with Gasteiger partial charge in [0.1, 0.15) is 6.61 Å². The topological polar surface area (TPSA) is 75.6 Å². The van der Waals surface area contributed by atoms with Crippen molar-refractivity contribution in [2.24, 2.45) is 0 Å². The number of hydrogen-bond acceptors (Lipinski definition) is 3. The Morgan fingerprint density at radius 3 is 2.45 bits per heavy atom. The predicted molar refractivity (Wildman–Crippen MR) is 60.8 cm³/mol. The van der Waals surface area contributed by atoms with Crippen molar-refractivity contribution in [3.05, 3.63) is 12.7 Å². The van der Waals surface area contributed by atoms with Crippen LogP contribution >= 0.6 is 0 Å². The van der Waals surface area contributed by atoms with Crippen molar-refractivity contribution in [2.45, 2.75) is 31.2 Å². The Bertz CT molecular complexity index is 349. The van der Waals surface area contributed by atoms with Gasteiger partial charge in [0, 0.05) is 6.42 Å². The summed E-state index contributed by atoms with van der Waals surface area (Å²) in [4.78, 5) is 22.0. The van der Waals surface area contributed by atoms with Gasteiger partial charge in [-0.2, -0.15) is 8.78 Å². The second-order valence-electron chi connectivity index (χ2n) is 3.86. The highest BCUT2D eigenvalue weighted by Gasteiger charge is 2.41. The number of nitrogens with one attached hydrogen (secondary N) is 1. The Balaban J connectivity index is 4.26. The lowest BCUT2D eigenvalue weighted by Crippen LogP contribution is -2.45. The van der Waals surface area contributed by atoms with Crippen LogP contribution in [0.1, 0.15) is 12.8 Å². The normalized spacial score (nSPS) is 13.1. The summed E-state index contributed by atoms with van der Waals surface area (Å²) >= 11 is 0. The van der Waals surface area contributed by atoms with Crippen molar-refractivity contribution in [2.75, 3.05) is 13.2 Å². The SMILES string of the molecule is C=CCCC(=O)N[C@@H](COCC(F)(F)C(F)F)C(=O)O. The molecule has 0 radical (unpaired) electrons. The first-order valence-corrected chi connectivity index (χ1v) is 5.57. The number of allylic oxidation sites excluding steroid dienone is 1. The number of amides is 1. The zero-order chi connectivity index (χ0) is 15.8. The smallest absolute Gasteiger partial charge is 0.330 e. The maximum absolute atomic E-state index is 12.5. The van der Waals surface area contributed by atoms with Gasteiger partial charge in [0.05, 0.1) is 6.61 Å². The second-order valence-corrected chi connectivity index (χ2v) is 3.86. The lowest BCUT2D eigenvalue weighted by Gasteiger charge is -2.18. The van der Waals surface area contributed by atoms with Crippen molar-refractivity contribution >= 4 is 11.9 Å². The van der Waals surface area contributed by atoms with Crippen LogP contribution in [0, 0.1) is 0 Å². The van der Waals surface area contributed by atoms with E-state index in [0.717, 1.165) is 0 Å². The summed E-state index contributed by atoms with van der Waals surface area (Å²) in [6.07, 6.45) is -2.19. The first kappa shape index (κ1) is 18.4. The molecule has 0 aliphatic carbocycles. The van der Waals surface area contributed by atoms with Gasteiger partial charge in [0.25, 0.3) is 0 Å². The number of carbonyl (C=O) groups is 2. The monoisotopic (exact) mass is 301 g/mol. The van der Waals surface area contributed by atoms with Crippen LogP contribution in [0.2, 0.25) is 0 Å². The van der Waals surface area contributed by atoms with Crippen molar-refractivity contribution in [1.29, 1.82) is 0 Å². The minimum atomic E-state index is -4.37. The van der Waals surface area contributed by atoms with E-state index in [-0.39, 0.29) is 6.42 Å².